The van der Waals surface area contributed by atoms with E-state index < -0.39 is 11.8 Å². The molecule has 0 aromatic heterocycles. The molecule has 1 aliphatic heterocycles. The first-order chi connectivity index (χ1) is 14.9. The van der Waals surface area contributed by atoms with Gasteiger partial charge in [-0.25, -0.2) is 14.2 Å². The number of rotatable bonds is 5. The molecule has 1 heterocycles. The van der Waals surface area contributed by atoms with Gasteiger partial charge in [0.2, 0.25) is 5.90 Å². The third-order valence-electron chi connectivity index (χ3n) is 4.35. The van der Waals surface area contributed by atoms with E-state index in [2.05, 4.69) is 59.4 Å². The maximum Gasteiger partial charge on any atom is 0.363 e. The molecule has 0 bridgehead atoms. The van der Waals surface area contributed by atoms with Crippen molar-refractivity contribution >= 4 is 72.4 Å². The fourth-order valence-electron chi connectivity index (χ4n) is 2.85. The molecule has 4 nitrogen and oxygen atoms in total. The third kappa shape index (κ3) is 5.24. The Balaban J connectivity index is 1.56. The van der Waals surface area contributed by atoms with Gasteiger partial charge in [-0.1, -0.05) is 24.3 Å². The van der Waals surface area contributed by atoms with Gasteiger partial charge in [0.05, 0.1) is 14.5 Å². The number of cyclic esters (lactones) is 1. The summed E-state index contributed by atoms with van der Waals surface area (Å²) in [5, 5.41) is 0. The van der Waals surface area contributed by atoms with E-state index in [1.54, 1.807) is 18.2 Å². The first-order valence-electron chi connectivity index (χ1n) is 9.04. The van der Waals surface area contributed by atoms with E-state index in [9.17, 15) is 9.18 Å². The zero-order valence-electron chi connectivity index (χ0n) is 15.7. The molecule has 156 valence electrons. The molecule has 3 aromatic carbocycles. The summed E-state index contributed by atoms with van der Waals surface area (Å²) in [5.41, 5.74) is 1.98. The van der Waals surface area contributed by atoms with Gasteiger partial charge in [-0.2, -0.15) is 0 Å². The molecule has 0 amide bonds. The monoisotopic (exact) mass is 655 g/mol. The van der Waals surface area contributed by atoms with Gasteiger partial charge in [0.25, 0.3) is 0 Å². The van der Waals surface area contributed by atoms with E-state index in [4.69, 9.17) is 9.47 Å². The van der Waals surface area contributed by atoms with Gasteiger partial charge in [-0.15, -0.1) is 0 Å². The number of aliphatic imine (C=N–C) groups is 1. The normalized spacial score (nSPS) is 14.5. The van der Waals surface area contributed by atoms with Crippen LogP contribution in [0.15, 0.2) is 80.3 Å². The lowest BCUT2D eigenvalue weighted by atomic mass is 10.2. The first-order valence-corrected chi connectivity index (χ1v) is 11.7. The summed E-state index contributed by atoms with van der Waals surface area (Å²) in [5.74, 6) is -0.546. The Morgan fingerprint density at radius 1 is 1.06 bits per heavy atom. The fraction of sp³-hybridized carbons (Fsp3) is 0.0435. The van der Waals surface area contributed by atoms with Crippen molar-refractivity contribution in [1.82, 2.24) is 0 Å². The topological polar surface area (TPSA) is 47.9 Å². The molecule has 1 aliphatic rings. The van der Waals surface area contributed by atoms with Crippen LogP contribution in [0.5, 0.6) is 5.75 Å². The van der Waals surface area contributed by atoms with Gasteiger partial charge < -0.3 is 9.47 Å². The van der Waals surface area contributed by atoms with Crippen LogP contribution in [-0.4, -0.2) is 11.9 Å². The summed E-state index contributed by atoms with van der Waals surface area (Å²) in [6.07, 6.45) is 1.58. The van der Waals surface area contributed by atoms with E-state index in [0.717, 1.165) is 9.13 Å². The molecule has 0 spiro atoms. The predicted octanol–water partition coefficient (Wildman–Crippen LogP) is 6.88. The minimum Gasteiger partial charge on any atom is -0.487 e. The quantitative estimate of drug-likeness (QED) is 0.171. The minimum absolute atomic E-state index is 0.0510. The zero-order valence-corrected chi connectivity index (χ0v) is 21.1. The maximum atomic E-state index is 14.0. The first kappa shape index (κ1) is 22.2. The lowest BCUT2D eigenvalue weighted by Crippen LogP contribution is -2.07. The summed E-state index contributed by atoms with van der Waals surface area (Å²) >= 11 is 9.29. The largest absolute Gasteiger partial charge is 0.487 e. The van der Waals surface area contributed by atoms with Gasteiger partial charge in [-0.3, -0.25) is 0 Å². The number of halogens is 4. The number of ether oxygens (including phenoxy) is 2. The highest BCUT2D eigenvalue weighted by molar-refractivity contribution is 14.1. The molecule has 0 unspecified atom stereocenters. The SMILES string of the molecule is O=C1OC(c2ccccc2F)=N/C1=C\c1cc(Br)c(OCc2ccc(I)cc2)c(Br)c1. The Kier molecular flexibility index (Phi) is 6.88. The van der Waals surface area contributed by atoms with Crippen LogP contribution in [-0.2, 0) is 16.1 Å². The molecule has 0 N–H and O–H groups in total. The average Bonchev–Trinajstić information content (AvgIpc) is 3.09. The number of carbonyl (C=O) groups is 1. The van der Waals surface area contributed by atoms with Gasteiger partial charge in [-0.05, 0) is 108 Å². The Hall–Kier alpha value is -2.04. The third-order valence-corrected chi connectivity index (χ3v) is 6.24. The molecule has 31 heavy (non-hydrogen) atoms. The number of esters is 1. The second-order valence-corrected chi connectivity index (χ2v) is 9.50. The Morgan fingerprint density at radius 2 is 1.74 bits per heavy atom. The summed E-state index contributed by atoms with van der Waals surface area (Å²) in [6.45, 7) is 0.414. The van der Waals surface area contributed by atoms with Crippen molar-refractivity contribution < 1.29 is 18.7 Å². The molecule has 0 radical (unpaired) electrons. The van der Waals surface area contributed by atoms with Crippen molar-refractivity contribution in [2.75, 3.05) is 0 Å². The maximum absolute atomic E-state index is 14.0. The van der Waals surface area contributed by atoms with Gasteiger partial charge in [0.1, 0.15) is 18.2 Å². The Labute approximate surface area is 208 Å². The van der Waals surface area contributed by atoms with Crippen molar-refractivity contribution in [3.8, 4) is 5.75 Å². The lowest BCUT2D eigenvalue weighted by molar-refractivity contribution is -0.129. The van der Waals surface area contributed by atoms with Crippen molar-refractivity contribution in [1.29, 1.82) is 0 Å². The number of hydrogen-bond donors (Lipinski definition) is 0. The molecule has 0 saturated heterocycles. The number of carbonyl (C=O) groups excluding carboxylic acids is 1. The van der Waals surface area contributed by atoms with Gasteiger partial charge in [0, 0.05) is 3.57 Å². The molecule has 0 fully saturated rings. The molecule has 0 atom stereocenters. The van der Waals surface area contributed by atoms with Crippen molar-refractivity contribution in [2.45, 2.75) is 6.61 Å². The van der Waals surface area contributed by atoms with E-state index in [1.165, 1.54) is 12.1 Å². The van der Waals surface area contributed by atoms with Crippen LogP contribution in [0.2, 0.25) is 0 Å². The van der Waals surface area contributed by atoms with Gasteiger partial charge >= 0.3 is 5.97 Å². The average molecular weight is 657 g/mol. The highest BCUT2D eigenvalue weighted by Crippen LogP contribution is 2.36. The minimum atomic E-state index is -0.635. The van der Waals surface area contributed by atoms with E-state index in [1.807, 2.05) is 36.4 Å². The summed E-state index contributed by atoms with van der Waals surface area (Å²) in [4.78, 5) is 16.4. The predicted molar refractivity (Wildman–Crippen MR) is 132 cm³/mol. The van der Waals surface area contributed by atoms with Crippen LogP contribution >= 0.6 is 54.5 Å². The van der Waals surface area contributed by atoms with Crippen LogP contribution < -0.4 is 4.74 Å². The molecule has 0 aliphatic carbocycles. The summed E-state index contributed by atoms with van der Waals surface area (Å²) < 4.78 is 27.7. The number of hydrogen-bond acceptors (Lipinski definition) is 4. The van der Waals surface area contributed by atoms with Gasteiger partial charge in [0.15, 0.2) is 5.70 Å². The number of nitrogens with zero attached hydrogens (tertiary/aromatic N) is 1. The fourth-order valence-corrected chi connectivity index (χ4v) is 4.66. The second kappa shape index (κ2) is 9.62. The Bertz CT molecular complexity index is 1200. The highest BCUT2D eigenvalue weighted by atomic mass is 127. The van der Waals surface area contributed by atoms with Crippen LogP contribution in [0.1, 0.15) is 16.7 Å². The van der Waals surface area contributed by atoms with Crippen LogP contribution in [0.3, 0.4) is 0 Å². The standard InChI is InChI=1S/C23H13Br2FINO3/c24-17-9-14(10-18(25)21(17)30-12-13-5-7-15(27)8-6-13)11-20-23(29)31-22(28-20)16-3-1-2-4-19(16)26/h1-11H,12H2/b20-11-. The van der Waals surface area contributed by atoms with E-state index in [-0.39, 0.29) is 17.2 Å². The van der Waals surface area contributed by atoms with Crippen molar-refractivity contribution in [3.05, 3.63) is 101 Å². The second-order valence-electron chi connectivity index (χ2n) is 6.54. The van der Waals surface area contributed by atoms with Crippen molar-refractivity contribution in [3.63, 3.8) is 0 Å². The van der Waals surface area contributed by atoms with E-state index >= 15 is 0 Å². The lowest BCUT2D eigenvalue weighted by Gasteiger charge is -2.11. The van der Waals surface area contributed by atoms with E-state index in [0.29, 0.717) is 26.9 Å². The summed E-state index contributed by atoms with van der Waals surface area (Å²) in [7, 11) is 0. The highest BCUT2D eigenvalue weighted by Gasteiger charge is 2.26. The molecular weight excluding hydrogens is 644 g/mol. The summed E-state index contributed by atoms with van der Waals surface area (Å²) in [6, 6.07) is 17.7. The van der Waals surface area contributed by atoms with Crippen LogP contribution in [0.25, 0.3) is 6.08 Å². The number of benzene rings is 3. The molecule has 3 aromatic rings. The Morgan fingerprint density at radius 3 is 2.42 bits per heavy atom. The van der Waals surface area contributed by atoms with Crippen molar-refractivity contribution in [2.24, 2.45) is 4.99 Å². The van der Waals surface area contributed by atoms with Crippen LogP contribution in [0, 0.1) is 9.39 Å². The molecule has 8 heteroatoms. The van der Waals surface area contributed by atoms with Crippen LogP contribution in [0.4, 0.5) is 4.39 Å². The zero-order chi connectivity index (χ0) is 22.0. The molecular formula is C23H13Br2FINO3. The molecule has 4 rings (SSSR count). The molecule has 0 saturated carbocycles. The smallest absolute Gasteiger partial charge is 0.363 e.